The third kappa shape index (κ3) is 4.53. The summed E-state index contributed by atoms with van der Waals surface area (Å²) in [4.78, 5) is 13.4. The summed E-state index contributed by atoms with van der Waals surface area (Å²) in [5.74, 6) is 0.882. The van der Waals surface area contributed by atoms with Crippen LogP contribution in [-0.2, 0) is 14.9 Å². The Hall–Kier alpha value is -1.85. The SMILES string of the molecule is CCOc1cccc(C(C)NC(=O)C2(c3ccc(Br)cc3)CCOCC2)c1. The lowest BCUT2D eigenvalue weighted by Crippen LogP contribution is -2.48. The van der Waals surface area contributed by atoms with Gasteiger partial charge in [-0.3, -0.25) is 4.79 Å². The van der Waals surface area contributed by atoms with Gasteiger partial charge in [0.25, 0.3) is 0 Å². The van der Waals surface area contributed by atoms with E-state index in [9.17, 15) is 4.79 Å². The van der Waals surface area contributed by atoms with Crippen LogP contribution >= 0.6 is 15.9 Å². The average molecular weight is 432 g/mol. The molecule has 0 spiro atoms. The Kier molecular flexibility index (Phi) is 6.55. The van der Waals surface area contributed by atoms with E-state index in [0.717, 1.165) is 21.3 Å². The Balaban J connectivity index is 1.82. The molecule has 1 aliphatic heterocycles. The van der Waals surface area contributed by atoms with E-state index in [-0.39, 0.29) is 11.9 Å². The molecule has 1 N–H and O–H groups in total. The first-order valence-corrected chi connectivity index (χ1v) is 10.2. The molecule has 0 radical (unpaired) electrons. The van der Waals surface area contributed by atoms with E-state index < -0.39 is 5.41 Å². The number of carbonyl (C=O) groups excluding carboxylic acids is 1. The average Bonchev–Trinajstić information content (AvgIpc) is 2.69. The Labute approximate surface area is 169 Å². The van der Waals surface area contributed by atoms with Crippen LogP contribution in [0.3, 0.4) is 0 Å². The molecule has 1 saturated heterocycles. The first kappa shape index (κ1) is 19.9. The van der Waals surface area contributed by atoms with Crippen LogP contribution in [0.2, 0.25) is 0 Å². The van der Waals surface area contributed by atoms with Crippen molar-refractivity contribution in [2.75, 3.05) is 19.8 Å². The van der Waals surface area contributed by atoms with Gasteiger partial charge in [-0.2, -0.15) is 0 Å². The molecule has 1 heterocycles. The topological polar surface area (TPSA) is 47.6 Å². The number of benzene rings is 2. The van der Waals surface area contributed by atoms with E-state index in [1.807, 2.05) is 62.4 Å². The van der Waals surface area contributed by atoms with Gasteiger partial charge in [-0.25, -0.2) is 0 Å². The van der Waals surface area contributed by atoms with Crippen LogP contribution in [0.15, 0.2) is 53.0 Å². The number of hydrogen-bond donors (Lipinski definition) is 1. The summed E-state index contributed by atoms with van der Waals surface area (Å²) in [5.41, 5.74) is 1.53. The number of amides is 1. The van der Waals surface area contributed by atoms with E-state index in [2.05, 4.69) is 21.2 Å². The third-order valence-electron chi connectivity index (χ3n) is 5.19. The lowest BCUT2D eigenvalue weighted by Gasteiger charge is -2.37. The van der Waals surface area contributed by atoms with Crippen LogP contribution in [0, 0.1) is 0 Å². The van der Waals surface area contributed by atoms with Crippen molar-refractivity contribution in [1.82, 2.24) is 5.32 Å². The zero-order valence-electron chi connectivity index (χ0n) is 15.8. The second-order valence-corrected chi connectivity index (χ2v) is 7.82. The quantitative estimate of drug-likeness (QED) is 0.715. The van der Waals surface area contributed by atoms with Gasteiger partial charge in [-0.15, -0.1) is 0 Å². The summed E-state index contributed by atoms with van der Waals surface area (Å²) < 4.78 is 12.1. The van der Waals surface area contributed by atoms with Crippen LogP contribution in [0.4, 0.5) is 0 Å². The molecular weight excluding hydrogens is 406 g/mol. The van der Waals surface area contributed by atoms with E-state index in [4.69, 9.17) is 9.47 Å². The summed E-state index contributed by atoms with van der Waals surface area (Å²) in [6, 6.07) is 15.9. The fraction of sp³-hybridized carbons (Fsp3) is 0.409. The van der Waals surface area contributed by atoms with Gasteiger partial charge in [0.2, 0.25) is 5.91 Å². The molecule has 5 heteroatoms. The molecule has 0 bridgehead atoms. The molecule has 1 amide bonds. The van der Waals surface area contributed by atoms with Gasteiger partial charge < -0.3 is 14.8 Å². The molecule has 1 atom stereocenters. The molecule has 1 aliphatic rings. The van der Waals surface area contributed by atoms with Crippen molar-refractivity contribution in [2.24, 2.45) is 0 Å². The molecule has 27 heavy (non-hydrogen) atoms. The molecule has 0 aliphatic carbocycles. The fourth-order valence-corrected chi connectivity index (χ4v) is 3.86. The van der Waals surface area contributed by atoms with Gasteiger partial charge in [-0.05, 0) is 62.1 Å². The third-order valence-corrected chi connectivity index (χ3v) is 5.72. The van der Waals surface area contributed by atoms with Crippen LogP contribution in [-0.4, -0.2) is 25.7 Å². The standard InChI is InChI=1S/C22H26BrNO3/c1-3-27-20-6-4-5-17(15-20)16(2)24-21(25)22(11-13-26-14-12-22)18-7-9-19(23)10-8-18/h4-10,15-16H,3,11-14H2,1-2H3,(H,24,25). The van der Waals surface area contributed by atoms with Crippen LogP contribution in [0.1, 0.15) is 43.9 Å². The van der Waals surface area contributed by atoms with E-state index in [0.29, 0.717) is 32.7 Å². The highest BCUT2D eigenvalue weighted by Crippen LogP contribution is 2.36. The number of halogens is 1. The van der Waals surface area contributed by atoms with Crippen LogP contribution in [0.25, 0.3) is 0 Å². The molecule has 144 valence electrons. The van der Waals surface area contributed by atoms with Crippen molar-refractivity contribution < 1.29 is 14.3 Å². The second kappa shape index (κ2) is 8.89. The molecule has 1 fully saturated rings. The zero-order chi connectivity index (χ0) is 19.3. The summed E-state index contributed by atoms with van der Waals surface area (Å²) in [6.07, 6.45) is 1.37. The van der Waals surface area contributed by atoms with Gasteiger partial charge in [-0.1, -0.05) is 40.2 Å². The highest BCUT2D eigenvalue weighted by atomic mass is 79.9. The molecule has 0 aromatic heterocycles. The van der Waals surface area contributed by atoms with Gasteiger partial charge in [0.15, 0.2) is 0 Å². The normalized spacial score (nSPS) is 17.1. The number of nitrogens with one attached hydrogen (secondary N) is 1. The predicted molar refractivity (Wildman–Crippen MR) is 110 cm³/mol. The maximum atomic E-state index is 13.4. The van der Waals surface area contributed by atoms with Crippen molar-refractivity contribution >= 4 is 21.8 Å². The molecule has 3 rings (SSSR count). The van der Waals surface area contributed by atoms with E-state index in [1.54, 1.807) is 0 Å². The Morgan fingerprint density at radius 2 is 1.93 bits per heavy atom. The van der Waals surface area contributed by atoms with Gasteiger partial charge in [0.1, 0.15) is 5.75 Å². The monoisotopic (exact) mass is 431 g/mol. The summed E-state index contributed by atoms with van der Waals surface area (Å²) in [5, 5.41) is 3.23. The molecule has 2 aromatic rings. The summed E-state index contributed by atoms with van der Waals surface area (Å²) in [7, 11) is 0. The summed E-state index contributed by atoms with van der Waals surface area (Å²) in [6.45, 7) is 5.79. The number of hydrogen-bond acceptors (Lipinski definition) is 3. The minimum Gasteiger partial charge on any atom is -0.494 e. The fourth-order valence-electron chi connectivity index (χ4n) is 3.59. The lowest BCUT2D eigenvalue weighted by molar-refractivity contribution is -0.131. The Bertz CT molecular complexity index is 769. The van der Waals surface area contributed by atoms with Crippen LogP contribution < -0.4 is 10.1 Å². The van der Waals surface area contributed by atoms with Crippen molar-refractivity contribution in [3.63, 3.8) is 0 Å². The Morgan fingerprint density at radius 3 is 2.59 bits per heavy atom. The smallest absolute Gasteiger partial charge is 0.231 e. The molecule has 0 saturated carbocycles. The second-order valence-electron chi connectivity index (χ2n) is 6.90. The zero-order valence-corrected chi connectivity index (χ0v) is 17.4. The predicted octanol–water partition coefficient (Wildman–Crippen LogP) is 4.77. The minimum atomic E-state index is -0.551. The number of ether oxygens (including phenoxy) is 2. The highest BCUT2D eigenvalue weighted by Gasteiger charge is 2.42. The van der Waals surface area contributed by atoms with Gasteiger partial charge in [0, 0.05) is 17.7 Å². The lowest BCUT2D eigenvalue weighted by atomic mass is 9.73. The number of rotatable bonds is 6. The Morgan fingerprint density at radius 1 is 1.22 bits per heavy atom. The van der Waals surface area contributed by atoms with Crippen molar-refractivity contribution in [3.8, 4) is 5.75 Å². The van der Waals surface area contributed by atoms with E-state index in [1.165, 1.54) is 0 Å². The van der Waals surface area contributed by atoms with Crippen molar-refractivity contribution in [1.29, 1.82) is 0 Å². The largest absolute Gasteiger partial charge is 0.494 e. The number of carbonyl (C=O) groups is 1. The van der Waals surface area contributed by atoms with Crippen LogP contribution in [0.5, 0.6) is 5.75 Å². The maximum Gasteiger partial charge on any atom is 0.231 e. The minimum absolute atomic E-state index is 0.0578. The maximum absolute atomic E-state index is 13.4. The first-order chi connectivity index (χ1) is 13.0. The van der Waals surface area contributed by atoms with Crippen molar-refractivity contribution in [3.05, 3.63) is 64.1 Å². The highest BCUT2D eigenvalue weighted by molar-refractivity contribution is 9.10. The van der Waals surface area contributed by atoms with Gasteiger partial charge >= 0.3 is 0 Å². The summed E-state index contributed by atoms with van der Waals surface area (Å²) >= 11 is 3.48. The molecule has 4 nitrogen and oxygen atoms in total. The van der Waals surface area contributed by atoms with Gasteiger partial charge in [0.05, 0.1) is 18.1 Å². The molecule has 2 aromatic carbocycles. The van der Waals surface area contributed by atoms with Crippen molar-refractivity contribution in [2.45, 2.75) is 38.1 Å². The molecule has 1 unspecified atom stereocenters. The molecular formula is C22H26BrNO3. The first-order valence-electron chi connectivity index (χ1n) is 9.42. The van der Waals surface area contributed by atoms with E-state index >= 15 is 0 Å².